The van der Waals surface area contributed by atoms with E-state index >= 15 is 0 Å². The molecule has 70 valence electrons. The summed E-state index contributed by atoms with van der Waals surface area (Å²) in [4.78, 5) is 0. The summed E-state index contributed by atoms with van der Waals surface area (Å²) < 4.78 is 2.50. The van der Waals surface area contributed by atoms with Crippen LogP contribution in [0.25, 0.3) is 0 Å². The minimum absolute atomic E-state index is 0.987. The van der Waals surface area contributed by atoms with E-state index in [0.29, 0.717) is 0 Å². The molecule has 0 aromatic carbocycles. The van der Waals surface area contributed by atoms with Gasteiger partial charge in [-0.2, -0.15) is 0 Å². The number of nitrogens with zero attached hydrogens (tertiary/aromatic N) is 1. The fourth-order valence-corrected chi connectivity index (χ4v) is 4.02. The van der Waals surface area contributed by atoms with Crippen molar-refractivity contribution in [3.63, 3.8) is 0 Å². The lowest BCUT2D eigenvalue weighted by atomic mass is 9.67. The van der Waals surface area contributed by atoms with Crippen molar-refractivity contribution in [3.05, 3.63) is 0 Å². The highest BCUT2D eigenvalue weighted by atomic mass is 127. The molecule has 0 aromatic heterocycles. The Bertz CT molecular complexity index is 141. The van der Waals surface area contributed by atoms with Gasteiger partial charge in [-0.3, -0.25) is 0 Å². The second kappa shape index (κ2) is 3.45. The summed E-state index contributed by atoms with van der Waals surface area (Å²) in [5, 5.41) is 0. The number of hydrogen-bond donors (Lipinski definition) is 0. The monoisotopic (exact) mass is 279 g/mol. The third-order valence-corrected chi connectivity index (χ3v) is 4.55. The molecule has 1 saturated carbocycles. The average Bonchev–Trinajstić information content (AvgIpc) is 1.94. The van der Waals surface area contributed by atoms with Gasteiger partial charge in [0.1, 0.15) is 0 Å². The van der Waals surface area contributed by atoms with Gasteiger partial charge >= 0.3 is 0 Å². The van der Waals surface area contributed by atoms with Crippen LogP contribution in [-0.2, 0) is 0 Å². The van der Waals surface area contributed by atoms with E-state index < -0.39 is 0 Å². The Hall–Kier alpha value is 0.690. The summed E-state index contributed by atoms with van der Waals surface area (Å²) in [6.07, 6.45) is 2.94. The molecular formula is C10H18IN. The zero-order valence-corrected chi connectivity index (χ0v) is 10.1. The molecule has 1 heterocycles. The topological polar surface area (TPSA) is 3.24 Å². The van der Waals surface area contributed by atoms with Crippen LogP contribution in [0.4, 0.5) is 0 Å². The lowest BCUT2D eigenvalue weighted by Crippen LogP contribution is -2.45. The van der Waals surface area contributed by atoms with Gasteiger partial charge in [0.05, 0.1) is 0 Å². The minimum atomic E-state index is 0.987. The molecule has 2 aliphatic rings. The molecule has 0 radical (unpaired) electrons. The van der Waals surface area contributed by atoms with Crippen molar-refractivity contribution >= 4 is 22.9 Å². The van der Waals surface area contributed by atoms with Crippen LogP contribution in [0.2, 0.25) is 0 Å². The quantitative estimate of drug-likeness (QED) is 0.487. The summed E-state index contributed by atoms with van der Waals surface area (Å²) in [6, 6.07) is 0. The highest BCUT2D eigenvalue weighted by Crippen LogP contribution is 2.42. The number of hydrogen-bond acceptors (Lipinski definition) is 1. The Kier molecular flexibility index (Phi) is 2.66. The first-order chi connectivity index (χ1) is 5.66. The Labute approximate surface area is 89.4 Å². The van der Waals surface area contributed by atoms with E-state index in [2.05, 4.69) is 39.8 Å². The van der Waals surface area contributed by atoms with E-state index in [-0.39, 0.29) is 0 Å². The summed E-state index contributed by atoms with van der Waals surface area (Å²) in [6.45, 7) is 7.56. The van der Waals surface area contributed by atoms with Crippen LogP contribution >= 0.6 is 22.9 Å². The second-order valence-electron chi connectivity index (χ2n) is 4.78. The first-order valence-electron chi connectivity index (χ1n) is 5.07. The molecule has 0 aromatic rings. The SMILES string of the molecule is CC1CC2CN(I)CC(C1)C2C. The van der Waals surface area contributed by atoms with E-state index in [9.17, 15) is 0 Å². The molecular weight excluding hydrogens is 261 g/mol. The van der Waals surface area contributed by atoms with Crippen molar-refractivity contribution in [2.75, 3.05) is 13.1 Å². The normalized spacial score (nSPS) is 49.2. The summed E-state index contributed by atoms with van der Waals surface area (Å²) >= 11 is 2.49. The van der Waals surface area contributed by atoms with Gasteiger partial charge in [-0.15, -0.1) is 0 Å². The molecule has 0 spiro atoms. The zero-order valence-electron chi connectivity index (χ0n) is 7.96. The van der Waals surface area contributed by atoms with Crippen LogP contribution in [-0.4, -0.2) is 16.2 Å². The number of halogens is 1. The fraction of sp³-hybridized carbons (Fsp3) is 1.00. The van der Waals surface area contributed by atoms with Crippen molar-refractivity contribution in [2.24, 2.45) is 23.7 Å². The number of fused-ring (bicyclic) bond motifs is 2. The first kappa shape index (κ1) is 9.25. The van der Waals surface area contributed by atoms with Gasteiger partial charge < -0.3 is 0 Å². The molecule has 2 heteroatoms. The fourth-order valence-electron chi connectivity index (χ4n) is 3.01. The van der Waals surface area contributed by atoms with Gasteiger partial charge in [0.2, 0.25) is 0 Å². The maximum atomic E-state index is 2.50. The molecule has 0 N–H and O–H groups in total. The Morgan fingerprint density at radius 3 is 2.08 bits per heavy atom. The van der Waals surface area contributed by atoms with Gasteiger partial charge in [0, 0.05) is 36.0 Å². The van der Waals surface area contributed by atoms with E-state index in [4.69, 9.17) is 0 Å². The second-order valence-corrected chi connectivity index (χ2v) is 6.15. The molecule has 1 saturated heterocycles. The third-order valence-electron chi connectivity index (χ3n) is 3.76. The first-order valence-corrected chi connectivity index (χ1v) is 6.04. The molecule has 2 bridgehead atoms. The van der Waals surface area contributed by atoms with Crippen molar-refractivity contribution in [1.82, 2.24) is 3.11 Å². The van der Waals surface area contributed by atoms with Crippen molar-refractivity contribution < 1.29 is 0 Å². The standard InChI is InChI=1S/C10H18IN/c1-7-3-9-5-12(11)6-10(4-7)8(9)2/h7-10H,3-6H2,1-2H3. The van der Waals surface area contributed by atoms with E-state index in [0.717, 1.165) is 23.7 Å². The van der Waals surface area contributed by atoms with Crippen LogP contribution in [0.15, 0.2) is 0 Å². The highest BCUT2D eigenvalue weighted by molar-refractivity contribution is 14.1. The molecule has 2 unspecified atom stereocenters. The molecule has 2 rings (SSSR count). The molecule has 1 nitrogen and oxygen atoms in total. The van der Waals surface area contributed by atoms with Gasteiger partial charge in [-0.25, -0.2) is 3.11 Å². The van der Waals surface area contributed by atoms with Crippen molar-refractivity contribution in [1.29, 1.82) is 0 Å². The molecule has 1 aliphatic heterocycles. The van der Waals surface area contributed by atoms with E-state index in [1.165, 1.54) is 25.9 Å². The molecule has 2 fully saturated rings. The predicted octanol–water partition coefficient (Wildman–Crippen LogP) is 2.95. The Balaban J connectivity index is 2.08. The minimum Gasteiger partial charge on any atom is -0.247 e. The Morgan fingerprint density at radius 2 is 1.58 bits per heavy atom. The van der Waals surface area contributed by atoms with Crippen LogP contribution in [0, 0.1) is 23.7 Å². The number of rotatable bonds is 0. The van der Waals surface area contributed by atoms with Gasteiger partial charge in [0.25, 0.3) is 0 Å². The molecule has 1 aliphatic carbocycles. The largest absolute Gasteiger partial charge is 0.247 e. The lowest BCUT2D eigenvalue weighted by molar-refractivity contribution is 0.0599. The molecule has 12 heavy (non-hydrogen) atoms. The predicted molar refractivity (Wildman–Crippen MR) is 60.1 cm³/mol. The van der Waals surface area contributed by atoms with Crippen LogP contribution in [0.3, 0.4) is 0 Å². The maximum Gasteiger partial charge on any atom is 0.0201 e. The van der Waals surface area contributed by atoms with Crippen molar-refractivity contribution in [3.8, 4) is 0 Å². The average molecular weight is 279 g/mol. The molecule has 0 amide bonds. The van der Waals surface area contributed by atoms with Crippen LogP contribution in [0.5, 0.6) is 0 Å². The van der Waals surface area contributed by atoms with Gasteiger partial charge in [0.15, 0.2) is 0 Å². The van der Waals surface area contributed by atoms with Crippen LogP contribution < -0.4 is 0 Å². The van der Waals surface area contributed by atoms with Crippen molar-refractivity contribution in [2.45, 2.75) is 26.7 Å². The summed E-state index contributed by atoms with van der Waals surface area (Å²) in [5.74, 6) is 3.96. The number of piperidine rings is 1. The lowest BCUT2D eigenvalue weighted by Gasteiger charge is -2.46. The van der Waals surface area contributed by atoms with Crippen LogP contribution in [0.1, 0.15) is 26.7 Å². The van der Waals surface area contributed by atoms with Gasteiger partial charge in [-0.05, 0) is 36.5 Å². The van der Waals surface area contributed by atoms with E-state index in [1.807, 2.05) is 0 Å². The Morgan fingerprint density at radius 1 is 1.08 bits per heavy atom. The maximum absolute atomic E-state index is 2.50. The van der Waals surface area contributed by atoms with E-state index in [1.54, 1.807) is 0 Å². The summed E-state index contributed by atoms with van der Waals surface area (Å²) in [5.41, 5.74) is 0. The summed E-state index contributed by atoms with van der Waals surface area (Å²) in [7, 11) is 0. The molecule has 2 atom stereocenters. The zero-order chi connectivity index (χ0) is 8.72. The third kappa shape index (κ3) is 1.65. The van der Waals surface area contributed by atoms with Gasteiger partial charge in [-0.1, -0.05) is 13.8 Å². The highest BCUT2D eigenvalue weighted by Gasteiger charge is 2.38. The smallest absolute Gasteiger partial charge is 0.0201 e.